The number of rotatable bonds is 7. The lowest BCUT2D eigenvalue weighted by atomic mass is 10.0. The number of amides is 2. The minimum absolute atomic E-state index is 0.0283. The Morgan fingerprint density at radius 2 is 1.96 bits per heavy atom. The highest BCUT2D eigenvalue weighted by Gasteiger charge is 2.23. The molecule has 132 valence electrons. The van der Waals surface area contributed by atoms with E-state index in [2.05, 4.69) is 12.2 Å². The van der Waals surface area contributed by atoms with Gasteiger partial charge in [0.15, 0.2) is 6.61 Å². The number of aryl methyl sites for hydroxylation is 1. The van der Waals surface area contributed by atoms with Gasteiger partial charge in [0.05, 0.1) is 0 Å². The second kappa shape index (κ2) is 9.30. The molecule has 1 heterocycles. The number of para-hydroxylation sites is 1. The molecule has 1 N–H and O–H groups in total. The molecule has 0 bridgehead atoms. The van der Waals surface area contributed by atoms with E-state index in [1.54, 1.807) is 0 Å². The zero-order valence-corrected chi connectivity index (χ0v) is 14.7. The third-order valence-electron chi connectivity index (χ3n) is 4.41. The summed E-state index contributed by atoms with van der Waals surface area (Å²) >= 11 is 0. The van der Waals surface area contributed by atoms with Crippen LogP contribution in [0.1, 0.15) is 44.6 Å². The first-order chi connectivity index (χ1) is 11.6. The molecule has 0 unspecified atom stereocenters. The minimum Gasteiger partial charge on any atom is -0.484 e. The molecule has 0 spiro atoms. The van der Waals surface area contributed by atoms with Crippen LogP contribution in [-0.4, -0.2) is 42.5 Å². The Bertz CT molecular complexity index is 551. The Hall–Kier alpha value is -2.04. The van der Waals surface area contributed by atoms with E-state index in [-0.39, 0.29) is 24.5 Å². The van der Waals surface area contributed by atoms with E-state index >= 15 is 0 Å². The summed E-state index contributed by atoms with van der Waals surface area (Å²) in [5.41, 5.74) is 1.02. The summed E-state index contributed by atoms with van der Waals surface area (Å²) in [4.78, 5) is 26.0. The summed E-state index contributed by atoms with van der Waals surface area (Å²) in [5, 5.41) is 3.01. The molecular formula is C19H28N2O3. The maximum absolute atomic E-state index is 12.0. The van der Waals surface area contributed by atoms with Crippen LogP contribution in [0.3, 0.4) is 0 Å². The second-order valence-electron chi connectivity index (χ2n) is 6.38. The third-order valence-corrected chi connectivity index (χ3v) is 4.41. The predicted molar refractivity (Wildman–Crippen MR) is 93.9 cm³/mol. The van der Waals surface area contributed by atoms with Gasteiger partial charge in [-0.15, -0.1) is 0 Å². The summed E-state index contributed by atoms with van der Waals surface area (Å²) in [7, 11) is 0. The number of carbonyl (C=O) groups excluding carboxylic acids is 2. The van der Waals surface area contributed by atoms with Gasteiger partial charge in [0.1, 0.15) is 5.75 Å². The highest BCUT2D eigenvalue weighted by Crippen LogP contribution is 2.16. The average molecular weight is 332 g/mol. The molecule has 5 nitrogen and oxygen atoms in total. The number of hydrogen-bond acceptors (Lipinski definition) is 3. The number of nitrogens with one attached hydrogen (secondary N) is 1. The van der Waals surface area contributed by atoms with Gasteiger partial charge in [0, 0.05) is 25.6 Å². The molecular weight excluding hydrogens is 304 g/mol. The van der Waals surface area contributed by atoms with Gasteiger partial charge in [0.2, 0.25) is 5.91 Å². The Morgan fingerprint density at radius 3 is 2.62 bits per heavy atom. The first-order valence-corrected chi connectivity index (χ1v) is 8.85. The summed E-state index contributed by atoms with van der Waals surface area (Å²) < 4.78 is 5.57. The number of ether oxygens (including phenoxy) is 1. The van der Waals surface area contributed by atoms with Crippen LogP contribution in [-0.2, 0) is 9.59 Å². The van der Waals surface area contributed by atoms with Crippen LogP contribution in [0, 0.1) is 6.92 Å². The molecule has 1 aliphatic heterocycles. The SMILES string of the molecule is CCCCC(=O)N1CCC(NC(=O)COc2ccccc2C)CC1. The van der Waals surface area contributed by atoms with Crippen molar-refractivity contribution < 1.29 is 14.3 Å². The maximum Gasteiger partial charge on any atom is 0.258 e. The number of carbonyl (C=O) groups is 2. The maximum atomic E-state index is 12.0. The molecule has 0 aliphatic carbocycles. The van der Waals surface area contributed by atoms with Crippen molar-refractivity contribution in [3.63, 3.8) is 0 Å². The second-order valence-corrected chi connectivity index (χ2v) is 6.38. The molecule has 1 aliphatic rings. The van der Waals surface area contributed by atoms with Gasteiger partial charge in [0.25, 0.3) is 5.91 Å². The van der Waals surface area contributed by atoms with E-state index < -0.39 is 0 Å². The molecule has 0 saturated carbocycles. The fourth-order valence-electron chi connectivity index (χ4n) is 2.89. The predicted octanol–water partition coefficient (Wildman–Crippen LogP) is 2.67. The van der Waals surface area contributed by atoms with Crippen molar-refractivity contribution in [2.75, 3.05) is 19.7 Å². The highest BCUT2D eigenvalue weighted by atomic mass is 16.5. The average Bonchev–Trinajstić information content (AvgIpc) is 2.59. The monoisotopic (exact) mass is 332 g/mol. The van der Waals surface area contributed by atoms with Crippen LogP contribution in [0.15, 0.2) is 24.3 Å². The molecule has 2 rings (SSSR count). The normalized spacial score (nSPS) is 15.2. The number of piperidine rings is 1. The number of benzene rings is 1. The van der Waals surface area contributed by atoms with Gasteiger partial charge < -0.3 is 15.0 Å². The first kappa shape index (κ1) is 18.3. The van der Waals surface area contributed by atoms with Crippen molar-refractivity contribution in [2.45, 2.75) is 52.0 Å². The Morgan fingerprint density at radius 1 is 1.25 bits per heavy atom. The van der Waals surface area contributed by atoms with Crippen molar-refractivity contribution in [1.29, 1.82) is 0 Å². The van der Waals surface area contributed by atoms with Gasteiger partial charge in [-0.1, -0.05) is 31.5 Å². The smallest absolute Gasteiger partial charge is 0.258 e. The molecule has 2 amide bonds. The fraction of sp³-hybridized carbons (Fsp3) is 0.579. The molecule has 1 fully saturated rings. The molecule has 1 aromatic rings. The number of unbranched alkanes of at least 4 members (excludes halogenated alkanes) is 1. The number of hydrogen-bond donors (Lipinski definition) is 1. The van der Waals surface area contributed by atoms with E-state index in [1.165, 1.54) is 0 Å². The van der Waals surface area contributed by atoms with Crippen LogP contribution < -0.4 is 10.1 Å². The molecule has 0 radical (unpaired) electrons. The van der Waals surface area contributed by atoms with Gasteiger partial charge in [-0.25, -0.2) is 0 Å². The molecule has 0 aromatic heterocycles. The minimum atomic E-state index is -0.103. The van der Waals surface area contributed by atoms with Crippen molar-refractivity contribution in [2.24, 2.45) is 0 Å². The van der Waals surface area contributed by atoms with Crippen molar-refractivity contribution in [3.05, 3.63) is 29.8 Å². The lowest BCUT2D eigenvalue weighted by Crippen LogP contribution is -2.47. The molecule has 1 saturated heterocycles. The van der Waals surface area contributed by atoms with Crippen molar-refractivity contribution in [3.8, 4) is 5.75 Å². The van der Waals surface area contributed by atoms with E-state index in [4.69, 9.17) is 4.74 Å². The van der Waals surface area contributed by atoms with E-state index in [1.807, 2.05) is 36.1 Å². The third kappa shape index (κ3) is 5.55. The van der Waals surface area contributed by atoms with Crippen LogP contribution in [0.25, 0.3) is 0 Å². The molecule has 5 heteroatoms. The fourth-order valence-corrected chi connectivity index (χ4v) is 2.89. The topological polar surface area (TPSA) is 58.6 Å². The summed E-state index contributed by atoms with van der Waals surface area (Å²) in [6.07, 6.45) is 4.25. The summed E-state index contributed by atoms with van der Waals surface area (Å²) in [5.74, 6) is 0.877. The molecule has 0 atom stereocenters. The Balaban J connectivity index is 1.69. The van der Waals surface area contributed by atoms with Crippen LogP contribution in [0.4, 0.5) is 0 Å². The van der Waals surface area contributed by atoms with Crippen LogP contribution in [0.5, 0.6) is 5.75 Å². The lowest BCUT2D eigenvalue weighted by molar-refractivity contribution is -0.132. The van der Waals surface area contributed by atoms with Gasteiger partial charge in [-0.2, -0.15) is 0 Å². The lowest BCUT2D eigenvalue weighted by Gasteiger charge is -2.32. The van der Waals surface area contributed by atoms with E-state index in [0.29, 0.717) is 6.42 Å². The standard InChI is InChI=1S/C19H28N2O3/c1-3-4-9-19(23)21-12-10-16(11-13-21)20-18(22)14-24-17-8-6-5-7-15(17)2/h5-8,16H,3-4,9-14H2,1-2H3,(H,20,22). The number of likely N-dealkylation sites (tertiary alicyclic amines) is 1. The van der Waals surface area contributed by atoms with Crippen molar-refractivity contribution >= 4 is 11.8 Å². The van der Waals surface area contributed by atoms with Gasteiger partial charge >= 0.3 is 0 Å². The highest BCUT2D eigenvalue weighted by molar-refractivity contribution is 5.78. The van der Waals surface area contributed by atoms with Crippen LogP contribution >= 0.6 is 0 Å². The van der Waals surface area contributed by atoms with E-state index in [9.17, 15) is 9.59 Å². The molecule has 1 aromatic carbocycles. The largest absolute Gasteiger partial charge is 0.484 e. The quantitative estimate of drug-likeness (QED) is 0.835. The Labute approximate surface area is 144 Å². The Kier molecular flexibility index (Phi) is 7.09. The zero-order valence-electron chi connectivity index (χ0n) is 14.7. The zero-order chi connectivity index (χ0) is 17.4. The van der Waals surface area contributed by atoms with Gasteiger partial charge in [-0.3, -0.25) is 9.59 Å². The summed E-state index contributed by atoms with van der Waals surface area (Å²) in [6.45, 7) is 5.53. The first-order valence-electron chi connectivity index (χ1n) is 8.85. The van der Waals surface area contributed by atoms with Gasteiger partial charge in [-0.05, 0) is 37.8 Å². The summed E-state index contributed by atoms with van der Waals surface area (Å²) in [6, 6.07) is 7.79. The van der Waals surface area contributed by atoms with Crippen molar-refractivity contribution in [1.82, 2.24) is 10.2 Å². The number of nitrogens with zero attached hydrogens (tertiary/aromatic N) is 1. The van der Waals surface area contributed by atoms with Crippen LogP contribution in [0.2, 0.25) is 0 Å². The van der Waals surface area contributed by atoms with E-state index in [0.717, 1.165) is 50.1 Å². The molecule has 24 heavy (non-hydrogen) atoms.